The zero-order valence-corrected chi connectivity index (χ0v) is 13.3. The van der Waals surface area contributed by atoms with E-state index in [1.165, 1.54) is 19.3 Å². The third-order valence-corrected chi connectivity index (χ3v) is 3.18. The maximum atomic E-state index is 11.5. The van der Waals surface area contributed by atoms with Gasteiger partial charge in [-0.15, -0.1) is 0 Å². The fraction of sp³-hybridized carbons (Fsp3) is 0.933. The second-order valence-corrected chi connectivity index (χ2v) is 6.52. The summed E-state index contributed by atoms with van der Waals surface area (Å²) in [6.45, 7) is 10.0. The molecule has 1 amide bonds. The van der Waals surface area contributed by atoms with E-state index in [9.17, 15) is 4.79 Å². The van der Waals surface area contributed by atoms with Crippen molar-refractivity contribution in [3.05, 3.63) is 0 Å². The number of alkyl carbamates (subject to hydrolysis) is 1. The van der Waals surface area contributed by atoms with Gasteiger partial charge in [-0.25, -0.2) is 4.79 Å². The molecule has 0 radical (unpaired) electrons. The van der Waals surface area contributed by atoms with Crippen LogP contribution in [0.1, 0.15) is 53.4 Å². The summed E-state index contributed by atoms with van der Waals surface area (Å²) in [7, 11) is 0. The zero-order valence-electron chi connectivity index (χ0n) is 13.3. The first-order valence-corrected chi connectivity index (χ1v) is 7.68. The van der Waals surface area contributed by atoms with Crippen LogP contribution in [0.25, 0.3) is 0 Å². The molecule has 0 aromatic heterocycles. The Hall–Kier alpha value is -0.810. The number of hydrogen-bond donors (Lipinski definition) is 2. The molecule has 1 fully saturated rings. The fourth-order valence-corrected chi connectivity index (χ4v) is 2.15. The minimum Gasteiger partial charge on any atom is -0.444 e. The second-order valence-electron chi connectivity index (χ2n) is 6.52. The molecule has 0 bridgehead atoms. The van der Waals surface area contributed by atoms with Gasteiger partial charge in [-0.1, -0.05) is 0 Å². The largest absolute Gasteiger partial charge is 0.444 e. The molecular weight excluding hydrogens is 256 g/mol. The van der Waals surface area contributed by atoms with E-state index in [1.54, 1.807) is 0 Å². The highest BCUT2D eigenvalue weighted by Gasteiger charge is 2.17. The van der Waals surface area contributed by atoms with Gasteiger partial charge in [0.25, 0.3) is 0 Å². The molecule has 2 N–H and O–H groups in total. The molecule has 0 spiro atoms. The Labute approximate surface area is 122 Å². The van der Waals surface area contributed by atoms with Crippen molar-refractivity contribution < 1.29 is 14.3 Å². The first-order chi connectivity index (χ1) is 9.37. The van der Waals surface area contributed by atoms with E-state index < -0.39 is 5.60 Å². The Morgan fingerprint density at radius 3 is 2.75 bits per heavy atom. The van der Waals surface area contributed by atoms with Gasteiger partial charge in [-0.2, -0.15) is 0 Å². The Kier molecular flexibility index (Phi) is 7.30. The van der Waals surface area contributed by atoms with Gasteiger partial charge < -0.3 is 20.1 Å². The Morgan fingerprint density at radius 1 is 1.40 bits per heavy atom. The predicted octanol–water partition coefficient (Wildman–Crippen LogP) is 2.45. The first-order valence-electron chi connectivity index (χ1n) is 7.68. The van der Waals surface area contributed by atoms with E-state index in [0.29, 0.717) is 12.6 Å². The van der Waals surface area contributed by atoms with Crippen LogP contribution in [-0.2, 0) is 9.47 Å². The molecule has 5 nitrogen and oxygen atoms in total. The lowest BCUT2D eigenvalue weighted by Gasteiger charge is -2.24. The van der Waals surface area contributed by atoms with Crippen LogP contribution < -0.4 is 10.6 Å². The van der Waals surface area contributed by atoms with Gasteiger partial charge in [0.1, 0.15) is 5.60 Å². The van der Waals surface area contributed by atoms with Crippen molar-refractivity contribution in [1.82, 2.24) is 10.6 Å². The Balaban J connectivity index is 2.05. The molecule has 1 aliphatic rings. The van der Waals surface area contributed by atoms with Crippen molar-refractivity contribution in [2.24, 2.45) is 0 Å². The minimum absolute atomic E-state index is 0.228. The molecule has 0 aliphatic carbocycles. The monoisotopic (exact) mass is 286 g/mol. The summed E-state index contributed by atoms with van der Waals surface area (Å²) in [6, 6.07) is 0.228. The van der Waals surface area contributed by atoms with E-state index in [2.05, 4.69) is 17.6 Å². The van der Waals surface area contributed by atoms with Crippen molar-refractivity contribution in [2.45, 2.75) is 71.1 Å². The maximum absolute atomic E-state index is 11.5. The van der Waals surface area contributed by atoms with Crippen LogP contribution >= 0.6 is 0 Å². The lowest BCUT2D eigenvalue weighted by Crippen LogP contribution is -2.42. The molecule has 0 aromatic carbocycles. The summed E-state index contributed by atoms with van der Waals surface area (Å²) >= 11 is 0. The molecule has 1 aliphatic heterocycles. The Morgan fingerprint density at radius 2 is 2.15 bits per heavy atom. The lowest BCUT2D eigenvalue weighted by molar-refractivity contribution is 0.0112. The molecule has 1 heterocycles. The van der Waals surface area contributed by atoms with Gasteiger partial charge in [0.2, 0.25) is 0 Å². The molecule has 1 rings (SSSR count). The van der Waals surface area contributed by atoms with Crippen LogP contribution in [0, 0.1) is 0 Å². The SMILES string of the molecule is CC(CNC(=O)OC(C)(C)C)NCCC1CCCCO1. The molecular formula is C15H30N2O3. The van der Waals surface area contributed by atoms with E-state index in [-0.39, 0.29) is 12.1 Å². The van der Waals surface area contributed by atoms with Crippen molar-refractivity contribution >= 4 is 6.09 Å². The van der Waals surface area contributed by atoms with Gasteiger partial charge >= 0.3 is 6.09 Å². The molecule has 5 heteroatoms. The molecule has 118 valence electrons. The number of hydrogen-bond acceptors (Lipinski definition) is 4. The number of carbonyl (C=O) groups excluding carboxylic acids is 1. The van der Waals surface area contributed by atoms with E-state index in [0.717, 1.165) is 19.6 Å². The highest BCUT2D eigenvalue weighted by molar-refractivity contribution is 5.67. The number of nitrogens with one attached hydrogen (secondary N) is 2. The van der Waals surface area contributed by atoms with Crippen molar-refractivity contribution in [3.8, 4) is 0 Å². The van der Waals surface area contributed by atoms with Crippen LogP contribution in [0.5, 0.6) is 0 Å². The van der Waals surface area contributed by atoms with Crippen LogP contribution in [0.3, 0.4) is 0 Å². The van der Waals surface area contributed by atoms with Crippen LogP contribution in [0.2, 0.25) is 0 Å². The Bertz CT molecular complexity index is 283. The normalized spacial score (nSPS) is 21.3. The van der Waals surface area contributed by atoms with Gasteiger partial charge in [-0.05, 0) is 59.9 Å². The fourth-order valence-electron chi connectivity index (χ4n) is 2.15. The summed E-state index contributed by atoms with van der Waals surface area (Å²) in [5.41, 5.74) is -0.445. The average molecular weight is 286 g/mol. The summed E-state index contributed by atoms with van der Waals surface area (Å²) in [5, 5.41) is 6.17. The number of amides is 1. The summed E-state index contributed by atoms with van der Waals surface area (Å²) in [5.74, 6) is 0. The molecule has 0 aromatic rings. The van der Waals surface area contributed by atoms with Crippen LogP contribution in [0.4, 0.5) is 4.79 Å². The zero-order chi connectivity index (χ0) is 15.0. The number of ether oxygens (including phenoxy) is 2. The van der Waals surface area contributed by atoms with Crippen molar-refractivity contribution in [1.29, 1.82) is 0 Å². The molecule has 0 saturated carbocycles. The predicted molar refractivity (Wildman–Crippen MR) is 79.9 cm³/mol. The summed E-state index contributed by atoms with van der Waals surface area (Å²) in [4.78, 5) is 11.5. The van der Waals surface area contributed by atoms with Gasteiger partial charge in [0.15, 0.2) is 0 Å². The van der Waals surface area contributed by atoms with E-state index in [1.807, 2.05) is 20.8 Å². The topological polar surface area (TPSA) is 59.6 Å². The third-order valence-electron chi connectivity index (χ3n) is 3.18. The summed E-state index contributed by atoms with van der Waals surface area (Å²) < 4.78 is 10.9. The first kappa shape index (κ1) is 17.2. The number of rotatable bonds is 6. The quantitative estimate of drug-likeness (QED) is 0.787. The standard InChI is InChI=1S/C15H30N2O3/c1-12(11-17-14(18)20-15(2,3)4)16-9-8-13-7-5-6-10-19-13/h12-13,16H,5-11H2,1-4H3,(H,17,18). The van der Waals surface area contributed by atoms with E-state index in [4.69, 9.17) is 9.47 Å². The molecule has 2 unspecified atom stereocenters. The molecule has 2 atom stereocenters. The van der Waals surface area contributed by atoms with Crippen molar-refractivity contribution in [2.75, 3.05) is 19.7 Å². The maximum Gasteiger partial charge on any atom is 0.407 e. The van der Waals surface area contributed by atoms with Gasteiger partial charge in [-0.3, -0.25) is 0 Å². The van der Waals surface area contributed by atoms with Gasteiger partial charge in [0, 0.05) is 19.2 Å². The highest BCUT2D eigenvalue weighted by Crippen LogP contribution is 2.14. The lowest BCUT2D eigenvalue weighted by atomic mass is 10.1. The number of carbonyl (C=O) groups is 1. The smallest absolute Gasteiger partial charge is 0.407 e. The molecule has 20 heavy (non-hydrogen) atoms. The van der Waals surface area contributed by atoms with Crippen molar-refractivity contribution in [3.63, 3.8) is 0 Å². The van der Waals surface area contributed by atoms with Gasteiger partial charge in [0.05, 0.1) is 6.10 Å². The second kappa shape index (κ2) is 8.47. The highest BCUT2D eigenvalue weighted by atomic mass is 16.6. The minimum atomic E-state index is -0.445. The molecule has 1 saturated heterocycles. The van der Waals surface area contributed by atoms with E-state index >= 15 is 0 Å². The third kappa shape index (κ3) is 8.38. The van der Waals surface area contributed by atoms with Crippen LogP contribution in [0.15, 0.2) is 0 Å². The average Bonchev–Trinajstić information content (AvgIpc) is 2.36. The summed E-state index contributed by atoms with van der Waals surface area (Å²) in [6.07, 6.45) is 4.73. The van der Waals surface area contributed by atoms with Crippen LogP contribution in [-0.4, -0.2) is 43.5 Å².